The van der Waals surface area contributed by atoms with Gasteiger partial charge in [0.2, 0.25) is 21.8 Å². The van der Waals surface area contributed by atoms with Crippen LogP contribution in [-0.4, -0.2) is 50.5 Å². The Morgan fingerprint density at radius 2 is 1.56 bits per heavy atom. The molecule has 0 bridgehead atoms. The molecule has 0 unspecified atom stereocenters. The first-order valence-corrected chi connectivity index (χ1v) is 16.0. The van der Waals surface area contributed by atoms with Crippen molar-refractivity contribution in [1.29, 1.82) is 0 Å². The molecule has 2 amide bonds. The lowest BCUT2D eigenvalue weighted by molar-refractivity contribution is -0.140. The number of hydrogen-bond acceptors (Lipinski definition) is 4. The molecule has 0 aliphatic rings. The zero-order chi connectivity index (χ0) is 31.9. The van der Waals surface area contributed by atoms with Crippen LogP contribution in [0.5, 0.6) is 0 Å². The van der Waals surface area contributed by atoms with Crippen LogP contribution < -0.4 is 9.62 Å². The fraction of sp³-hybridized carbons (Fsp3) is 0.310. The summed E-state index contributed by atoms with van der Waals surface area (Å²) in [5.41, 5.74) is -0.710. The van der Waals surface area contributed by atoms with E-state index in [2.05, 4.69) is 5.32 Å². The number of halogens is 6. The standard InChI is InChI=1S/C29H29Cl3F3N3O4S/c1-3-14-36-28(40)26(15-19-8-5-4-6-9-19)37(17-21-22(30)10-7-11-23(21)31)27(39)18-38(43(2,41)42)25-16-20(29(33,34)35)12-13-24(25)32/h4-13,16,26H,3,14-15,17-18H2,1-2H3,(H,36,40)/t26-/m1/s1. The van der Waals surface area contributed by atoms with E-state index in [9.17, 15) is 31.2 Å². The summed E-state index contributed by atoms with van der Waals surface area (Å²) in [4.78, 5) is 28.7. The van der Waals surface area contributed by atoms with Crippen LogP contribution in [0.15, 0.2) is 66.7 Å². The quantitative estimate of drug-likeness (QED) is 0.234. The van der Waals surface area contributed by atoms with E-state index in [1.807, 2.05) is 6.92 Å². The molecule has 0 aliphatic carbocycles. The maximum atomic E-state index is 14.1. The van der Waals surface area contributed by atoms with E-state index in [-0.39, 0.29) is 28.0 Å². The molecule has 1 N–H and O–H groups in total. The van der Waals surface area contributed by atoms with Crippen LogP contribution in [0.1, 0.15) is 30.0 Å². The number of hydrogen-bond donors (Lipinski definition) is 1. The number of alkyl halides is 3. The van der Waals surface area contributed by atoms with Gasteiger partial charge in [0.25, 0.3) is 0 Å². The van der Waals surface area contributed by atoms with Gasteiger partial charge in [-0.2, -0.15) is 13.2 Å². The van der Waals surface area contributed by atoms with Crippen LogP contribution in [0.3, 0.4) is 0 Å². The number of sulfonamides is 1. The molecule has 7 nitrogen and oxygen atoms in total. The Labute approximate surface area is 263 Å². The maximum Gasteiger partial charge on any atom is 0.416 e. The van der Waals surface area contributed by atoms with Gasteiger partial charge in [0.05, 0.1) is 22.5 Å². The number of nitrogens with one attached hydrogen (secondary N) is 1. The third-order valence-corrected chi connectivity index (χ3v) is 8.59. The summed E-state index contributed by atoms with van der Waals surface area (Å²) in [6.45, 7) is 0.882. The highest BCUT2D eigenvalue weighted by Gasteiger charge is 2.36. The van der Waals surface area contributed by atoms with Gasteiger partial charge < -0.3 is 10.2 Å². The number of benzene rings is 3. The van der Waals surface area contributed by atoms with Gasteiger partial charge in [-0.05, 0) is 42.3 Å². The van der Waals surface area contributed by atoms with Gasteiger partial charge in [-0.25, -0.2) is 8.42 Å². The fourth-order valence-corrected chi connectivity index (χ4v) is 5.89. The van der Waals surface area contributed by atoms with E-state index in [1.54, 1.807) is 48.5 Å². The first-order valence-electron chi connectivity index (χ1n) is 13.0. The Morgan fingerprint density at radius 1 is 0.930 bits per heavy atom. The van der Waals surface area contributed by atoms with Gasteiger partial charge in [0.15, 0.2) is 0 Å². The number of carbonyl (C=O) groups excluding carboxylic acids is 2. The fourth-order valence-electron chi connectivity index (χ4n) is 4.25. The molecule has 232 valence electrons. The van der Waals surface area contributed by atoms with Crippen LogP contribution in [0.25, 0.3) is 0 Å². The predicted molar refractivity (Wildman–Crippen MR) is 163 cm³/mol. The molecule has 0 spiro atoms. The summed E-state index contributed by atoms with van der Waals surface area (Å²) in [6, 6.07) is 14.5. The molecule has 0 aromatic heterocycles. The van der Waals surface area contributed by atoms with E-state index in [1.165, 1.54) is 0 Å². The smallest absolute Gasteiger partial charge is 0.354 e. The van der Waals surface area contributed by atoms with Gasteiger partial charge in [-0.1, -0.05) is 78.1 Å². The van der Waals surface area contributed by atoms with Crippen molar-refractivity contribution in [3.05, 3.63) is 98.5 Å². The summed E-state index contributed by atoms with van der Waals surface area (Å²) in [7, 11) is -4.36. The lowest BCUT2D eigenvalue weighted by Crippen LogP contribution is -2.53. The third kappa shape index (κ3) is 9.25. The third-order valence-electron chi connectivity index (χ3n) is 6.43. The van der Waals surface area contributed by atoms with Gasteiger partial charge in [0.1, 0.15) is 12.6 Å². The van der Waals surface area contributed by atoms with Crippen LogP contribution in [-0.2, 0) is 38.8 Å². The van der Waals surface area contributed by atoms with Crippen LogP contribution in [0, 0.1) is 0 Å². The molecule has 0 heterocycles. The van der Waals surface area contributed by atoms with E-state index in [0.717, 1.165) is 17.2 Å². The lowest BCUT2D eigenvalue weighted by Gasteiger charge is -2.34. The van der Waals surface area contributed by atoms with Gasteiger partial charge in [0, 0.05) is 35.1 Å². The highest BCUT2D eigenvalue weighted by Crippen LogP contribution is 2.36. The Balaban J connectivity index is 2.15. The van der Waals surface area contributed by atoms with E-state index in [0.29, 0.717) is 40.5 Å². The monoisotopic (exact) mass is 677 g/mol. The van der Waals surface area contributed by atoms with E-state index < -0.39 is 51.9 Å². The number of anilines is 1. The van der Waals surface area contributed by atoms with Crippen molar-refractivity contribution in [2.45, 2.75) is 38.5 Å². The molecule has 0 radical (unpaired) electrons. The summed E-state index contributed by atoms with van der Waals surface area (Å²) < 4.78 is 66.8. The Bertz CT molecular complexity index is 1540. The molecule has 0 saturated heterocycles. The molecule has 0 saturated carbocycles. The van der Waals surface area contributed by atoms with Crippen molar-refractivity contribution < 1.29 is 31.2 Å². The minimum absolute atomic E-state index is 0.0351. The molecule has 14 heteroatoms. The summed E-state index contributed by atoms with van der Waals surface area (Å²) in [6.07, 6.45) is -3.43. The SMILES string of the molecule is CCCNC(=O)[C@@H](Cc1ccccc1)N(Cc1c(Cl)cccc1Cl)C(=O)CN(c1cc(C(F)(F)F)ccc1Cl)S(C)(=O)=O. The van der Waals surface area contributed by atoms with Crippen LogP contribution in [0.4, 0.5) is 18.9 Å². The molecule has 0 fully saturated rings. The number of amides is 2. The highest BCUT2D eigenvalue weighted by molar-refractivity contribution is 7.92. The first-order chi connectivity index (χ1) is 20.1. The molecular formula is C29H29Cl3F3N3O4S. The average molecular weight is 679 g/mol. The summed E-state index contributed by atoms with van der Waals surface area (Å²) in [5.74, 6) is -1.42. The first kappa shape index (κ1) is 34.5. The number of nitrogens with zero attached hydrogens (tertiary/aromatic N) is 2. The van der Waals surface area contributed by atoms with Crippen LogP contribution in [0.2, 0.25) is 15.1 Å². The van der Waals surface area contributed by atoms with Crippen molar-refractivity contribution in [3.8, 4) is 0 Å². The zero-order valence-corrected chi connectivity index (χ0v) is 26.3. The second-order valence-corrected chi connectivity index (χ2v) is 12.8. The zero-order valence-electron chi connectivity index (χ0n) is 23.2. The van der Waals surface area contributed by atoms with Crippen molar-refractivity contribution in [3.63, 3.8) is 0 Å². The number of rotatable bonds is 12. The lowest BCUT2D eigenvalue weighted by atomic mass is 10.0. The largest absolute Gasteiger partial charge is 0.416 e. The Kier molecular flexibility index (Phi) is 11.8. The minimum atomic E-state index is -4.81. The Hall–Kier alpha value is -2.99. The second-order valence-electron chi connectivity index (χ2n) is 9.65. The summed E-state index contributed by atoms with van der Waals surface area (Å²) >= 11 is 19.0. The van der Waals surface area contributed by atoms with Crippen molar-refractivity contribution >= 4 is 62.3 Å². The van der Waals surface area contributed by atoms with Gasteiger partial charge in [-0.15, -0.1) is 0 Å². The van der Waals surface area contributed by atoms with Gasteiger partial charge >= 0.3 is 6.18 Å². The van der Waals surface area contributed by atoms with Crippen molar-refractivity contribution in [1.82, 2.24) is 10.2 Å². The molecule has 1 atom stereocenters. The molecule has 3 aromatic rings. The second kappa shape index (κ2) is 14.7. The van der Waals surface area contributed by atoms with E-state index >= 15 is 0 Å². The van der Waals surface area contributed by atoms with Gasteiger partial charge in [-0.3, -0.25) is 13.9 Å². The minimum Gasteiger partial charge on any atom is -0.354 e. The normalized spacial score (nSPS) is 12.5. The maximum absolute atomic E-state index is 14.1. The molecule has 3 aromatic carbocycles. The van der Waals surface area contributed by atoms with Crippen LogP contribution >= 0.6 is 34.8 Å². The van der Waals surface area contributed by atoms with Crippen molar-refractivity contribution in [2.75, 3.05) is 23.7 Å². The number of carbonyl (C=O) groups is 2. The predicted octanol–water partition coefficient (Wildman–Crippen LogP) is 6.60. The highest BCUT2D eigenvalue weighted by atomic mass is 35.5. The average Bonchev–Trinajstić information content (AvgIpc) is 2.93. The van der Waals surface area contributed by atoms with Crippen molar-refractivity contribution in [2.24, 2.45) is 0 Å². The molecule has 43 heavy (non-hydrogen) atoms. The molecule has 0 aliphatic heterocycles. The Morgan fingerprint density at radius 3 is 2.12 bits per heavy atom. The van der Waals surface area contributed by atoms with E-state index in [4.69, 9.17) is 34.8 Å². The summed E-state index contributed by atoms with van der Waals surface area (Å²) in [5, 5.41) is 2.84. The molecular weight excluding hydrogens is 650 g/mol. The molecule has 3 rings (SSSR count). The topological polar surface area (TPSA) is 86.8 Å².